The van der Waals surface area contributed by atoms with Gasteiger partial charge in [-0.1, -0.05) is 23.3 Å². The molecule has 0 spiro atoms. The van der Waals surface area contributed by atoms with Crippen LogP contribution >= 0.6 is 11.3 Å². The number of fused-ring (bicyclic) bond motifs is 1. The fourth-order valence-electron chi connectivity index (χ4n) is 2.08. The van der Waals surface area contributed by atoms with Gasteiger partial charge in [0.05, 0.1) is 17.5 Å². The van der Waals surface area contributed by atoms with E-state index in [1.54, 1.807) is 23.5 Å². The second kappa shape index (κ2) is 5.49. The Bertz CT molecular complexity index is 673. The van der Waals surface area contributed by atoms with Crippen molar-refractivity contribution < 1.29 is 19.2 Å². The number of hydrogen-bond donors (Lipinski definition) is 0. The Kier molecular flexibility index (Phi) is 3.53. The normalized spacial score (nSPS) is 13.4. The molecule has 2 amide bonds. The molecule has 1 aliphatic rings. The van der Waals surface area contributed by atoms with Gasteiger partial charge in [0.1, 0.15) is 0 Å². The van der Waals surface area contributed by atoms with E-state index in [9.17, 15) is 14.4 Å². The summed E-state index contributed by atoms with van der Waals surface area (Å²) in [4.78, 5) is 41.8. The molecular weight excluding hydrogens is 290 g/mol. The SMILES string of the molecule is O=C(CCc1cccs1)ON1C(=O)c2ccccc2C1=O. The summed E-state index contributed by atoms with van der Waals surface area (Å²) >= 11 is 1.54. The zero-order valence-corrected chi connectivity index (χ0v) is 11.8. The van der Waals surface area contributed by atoms with Crippen molar-refractivity contribution in [2.24, 2.45) is 0 Å². The van der Waals surface area contributed by atoms with Gasteiger partial charge in [0.25, 0.3) is 11.8 Å². The van der Waals surface area contributed by atoms with Crippen LogP contribution in [0.3, 0.4) is 0 Å². The Hall–Kier alpha value is -2.47. The van der Waals surface area contributed by atoms with Crippen molar-refractivity contribution in [1.82, 2.24) is 5.06 Å². The summed E-state index contributed by atoms with van der Waals surface area (Å²) in [6, 6.07) is 10.2. The summed E-state index contributed by atoms with van der Waals surface area (Å²) in [6.07, 6.45) is 0.646. The highest BCUT2D eigenvalue weighted by Crippen LogP contribution is 2.23. The number of carbonyl (C=O) groups is 3. The van der Waals surface area contributed by atoms with Crippen LogP contribution in [-0.2, 0) is 16.1 Å². The van der Waals surface area contributed by atoms with E-state index >= 15 is 0 Å². The predicted octanol–water partition coefficient (Wildman–Crippen LogP) is 2.44. The first-order valence-electron chi connectivity index (χ1n) is 6.38. The maximum absolute atomic E-state index is 12.0. The van der Waals surface area contributed by atoms with Crippen LogP contribution < -0.4 is 0 Å². The van der Waals surface area contributed by atoms with E-state index in [1.165, 1.54) is 12.1 Å². The van der Waals surface area contributed by atoms with Crippen molar-refractivity contribution >= 4 is 29.1 Å². The predicted molar refractivity (Wildman–Crippen MR) is 75.7 cm³/mol. The Labute approximate surface area is 124 Å². The van der Waals surface area contributed by atoms with E-state index in [-0.39, 0.29) is 17.5 Å². The van der Waals surface area contributed by atoms with Crippen molar-refractivity contribution in [3.05, 3.63) is 57.8 Å². The van der Waals surface area contributed by atoms with Crippen LogP contribution in [0.25, 0.3) is 0 Å². The highest BCUT2D eigenvalue weighted by atomic mass is 32.1. The topological polar surface area (TPSA) is 63.7 Å². The number of benzene rings is 1. The van der Waals surface area contributed by atoms with Gasteiger partial charge in [0.2, 0.25) is 0 Å². The molecule has 0 unspecified atom stereocenters. The Balaban J connectivity index is 1.65. The van der Waals surface area contributed by atoms with Crippen molar-refractivity contribution in [1.29, 1.82) is 0 Å². The van der Waals surface area contributed by atoms with Crippen LogP contribution in [0.4, 0.5) is 0 Å². The molecule has 1 aromatic carbocycles. The summed E-state index contributed by atoms with van der Waals surface area (Å²) in [6.45, 7) is 0. The van der Waals surface area contributed by atoms with Gasteiger partial charge < -0.3 is 4.84 Å². The molecule has 0 fully saturated rings. The number of hydroxylamine groups is 2. The number of amides is 2. The number of imide groups is 1. The minimum atomic E-state index is -0.599. The highest BCUT2D eigenvalue weighted by Gasteiger charge is 2.38. The zero-order valence-electron chi connectivity index (χ0n) is 10.9. The van der Waals surface area contributed by atoms with Gasteiger partial charge in [0.15, 0.2) is 0 Å². The second-order valence-electron chi connectivity index (χ2n) is 4.49. The van der Waals surface area contributed by atoms with Crippen LogP contribution in [0.15, 0.2) is 41.8 Å². The van der Waals surface area contributed by atoms with Crippen LogP contribution in [0.2, 0.25) is 0 Å². The summed E-state index contributed by atoms with van der Waals surface area (Å²) in [5.74, 6) is -1.79. The van der Waals surface area contributed by atoms with Crippen LogP contribution in [0, 0.1) is 0 Å². The van der Waals surface area contributed by atoms with Gasteiger partial charge in [0, 0.05) is 4.88 Å². The van der Waals surface area contributed by atoms with Gasteiger partial charge >= 0.3 is 5.97 Å². The first-order valence-corrected chi connectivity index (χ1v) is 7.26. The van der Waals surface area contributed by atoms with Gasteiger partial charge in [-0.25, -0.2) is 4.79 Å². The lowest BCUT2D eigenvalue weighted by molar-refractivity contribution is -0.168. The molecule has 0 atom stereocenters. The summed E-state index contributed by atoms with van der Waals surface area (Å²) < 4.78 is 0. The molecule has 5 nitrogen and oxygen atoms in total. The van der Waals surface area contributed by atoms with Crippen LogP contribution in [0.5, 0.6) is 0 Å². The molecule has 21 heavy (non-hydrogen) atoms. The molecule has 0 saturated carbocycles. The lowest BCUT2D eigenvalue weighted by Crippen LogP contribution is -2.32. The first kappa shape index (κ1) is 13.5. The van der Waals surface area contributed by atoms with E-state index in [1.807, 2.05) is 17.5 Å². The van der Waals surface area contributed by atoms with Crippen molar-refractivity contribution in [2.75, 3.05) is 0 Å². The van der Waals surface area contributed by atoms with Crippen molar-refractivity contribution in [3.8, 4) is 0 Å². The maximum atomic E-state index is 12.0. The molecule has 0 radical (unpaired) electrons. The Morgan fingerprint density at radius 3 is 2.29 bits per heavy atom. The molecule has 6 heteroatoms. The van der Waals surface area contributed by atoms with Crippen molar-refractivity contribution in [2.45, 2.75) is 12.8 Å². The average molecular weight is 301 g/mol. The van der Waals surface area contributed by atoms with E-state index < -0.39 is 17.8 Å². The number of nitrogens with zero attached hydrogens (tertiary/aromatic N) is 1. The van der Waals surface area contributed by atoms with Crippen molar-refractivity contribution in [3.63, 3.8) is 0 Å². The fraction of sp³-hybridized carbons (Fsp3) is 0.133. The molecule has 0 aliphatic carbocycles. The molecule has 2 heterocycles. The number of carbonyl (C=O) groups excluding carboxylic acids is 3. The smallest absolute Gasteiger partial charge is 0.330 e. The number of hydrogen-bond acceptors (Lipinski definition) is 5. The third-order valence-corrected chi connectivity index (χ3v) is 4.04. The summed E-state index contributed by atoms with van der Waals surface area (Å²) in [5, 5.41) is 2.46. The van der Waals surface area contributed by atoms with Crippen LogP contribution in [0.1, 0.15) is 32.0 Å². The van der Waals surface area contributed by atoms with Gasteiger partial charge in [-0.2, -0.15) is 0 Å². The quantitative estimate of drug-likeness (QED) is 0.814. The number of thiophene rings is 1. The number of rotatable bonds is 4. The first-order chi connectivity index (χ1) is 10.2. The molecule has 0 saturated heterocycles. The maximum Gasteiger partial charge on any atom is 0.333 e. The molecule has 2 aromatic rings. The molecular formula is C15H11NO4S. The minimum absolute atomic E-state index is 0.119. The van der Waals surface area contributed by atoms with Gasteiger partial charge in [-0.15, -0.1) is 11.3 Å². The Morgan fingerprint density at radius 2 is 1.71 bits per heavy atom. The summed E-state index contributed by atoms with van der Waals surface area (Å²) in [7, 11) is 0. The summed E-state index contributed by atoms with van der Waals surface area (Å²) in [5.41, 5.74) is 0.516. The second-order valence-corrected chi connectivity index (χ2v) is 5.53. The molecule has 0 bridgehead atoms. The monoisotopic (exact) mass is 301 g/mol. The largest absolute Gasteiger partial charge is 0.333 e. The highest BCUT2D eigenvalue weighted by molar-refractivity contribution is 7.09. The lowest BCUT2D eigenvalue weighted by atomic mass is 10.1. The molecule has 1 aliphatic heterocycles. The standard InChI is InChI=1S/C15H11NO4S/c17-13(8-7-10-4-3-9-21-10)20-16-14(18)11-5-1-2-6-12(11)15(16)19/h1-6,9H,7-8H2. The van der Waals surface area contributed by atoms with Gasteiger partial charge in [-0.3, -0.25) is 9.59 Å². The lowest BCUT2D eigenvalue weighted by Gasteiger charge is -2.12. The average Bonchev–Trinajstić information content (AvgIpc) is 3.09. The molecule has 3 rings (SSSR count). The fourth-order valence-corrected chi connectivity index (χ4v) is 2.79. The Morgan fingerprint density at radius 1 is 1.05 bits per heavy atom. The van der Waals surface area contributed by atoms with E-state index in [4.69, 9.17) is 4.84 Å². The zero-order chi connectivity index (χ0) is 14.8. The minimum Gasteiger partial charge on any atom is -0.330 e. The van der Waals surface area contributed by atoms with Crippen LogP contribution in [-0.4, -0.2) is 22.8 Å². The molecule has 1 aromatic heterocycles. The van der Waals surface area contributed by atoms with E-state index in [0.29, 0.717) is 11.5 Å². The van der Waals surface area contributed by atoms with E-state index in [0.717, 1.165) is 4.88 Å². The third-order valence-electron chi connectivity index (χ3n) is 3.11. The third kappa shape index (κ3) is 2.57. The van der Waals surface area contributed by atoms with E-state index in [2.05, 4.69) is 0 Å². The molecule has 0 N–H and O–H groups in total. The molecule has 106 valence electrons. The number of aryl methyl sites for hydroxylation is 1. The van der Waals surface area contributed by atoms with Gasteiger partial charge in [-0.05, 0) is 30.0 Å².